The van der Waals surface area contributed by atoms with Gasteiger partial charge < -0.3 is 15.0 Å². The fourth-order valence-corrected chi connectivity index (χ4v) is 3.54. The number of nitrogens with zero attached hydrogens (tertiary/aromatic N) is 1. The van der Waals surface area contributed by atoms with Crippen LogP contribution in [0.4, 0.5) is 0 Å². The summed E-state index contributed by atoms with van der Waals surface area (Å²) < 4.78 is 5.30. The first-order valence-corrected chi connectivity index (χ1v) is 8.12. The van der Waals surface area contributed by atoms with Crippen molar-refractivity contribution in [2.75, 3.05) is 20.7 Å². The molecule has 0 aromatic heterocycles. The lowest BCUT2D eigenvalue weighted by atomic mass is 9.78. The number of esters is 1. The van der Waals surface area contributed by atoms with E-state index in [0.29, 0.717) is 18.7 Å². The lowest BCUT2D eigenvalue weighted by Gasteiger charge is -2.44. The first kappa shape index (κ1) is 17.4. The van der Waals surface area contributed by atoms with E-state index >= 15 is 0 Å². The summed E-state index contributed by atoms with van der Waals surface area (Å²) in [5.41, 5.74) is -0.487. The third kappa shape index (κ3) is 3.73. The van der Waals surface area contributed by atoms with Gasteiger partial charge in [-0.1, -0.05) is 13.8 Å². The van der Waals surface area contributed by atoms with Crippen LogP contribution >= 0.6 is 0 Å². The Balaban J connectivity index is 2.80. The molecule has 0 aliphatic heterocycles. The van der Waals surface area contributed by atoms with Crippen molar-refractivity contribution in [3.8, 4) is 0 Å². The summed E-state index contributed by atoms with van der Waals surface area (Å²) >= 11 is 0. The van der Waals surface area contributed by atoms with E-state index in [0.717, 1.165) is 32.1 Å². The zero-order valence-corrected chi connectivity index (χ0v) is 13.9. The van der Waals surface area contributed by atoms with Crippen molar-refractivity contribution in [3.63, 3.8) is 0 Å². The number of rotatable bonds is 7. The molecule has 2 atom stereocenters. The highest BCUT2D eigenvalue weighted by molar-refractivity contribution is 5.81. The molecule has 0 spiro atoms. The average molecular weight is 284 g/mol. The van der Waals surface area contributed by atoms with Crippen LogP contribution in [0.2, 0.25) is 0 Å². The fourth-order valence-electron chi connectivity index (χ4n) is 3.54. The van der Waals surface area contributed by atoms with Gasteiger partial charge in [-0.05, 0) is 59.5 Å². The molecule has 0 aromatic rings. The van der Waals surface area contributed by atoms with Crippen LogP contribution < -0.4 is 5.32 Å². The number of nitrogens with one attached hydrogen (secondary N) is 1. The summed E-state index contributed by atoms with van der Waals surface area (Å²) in [6, 6.07) is 1.07. The van der Waals surface area contributed by atoms with Crippen LogP contribution in [0.25, 0.3) is 0 Å². The molecule has 0 heterocycles. The molecular formula is C16H32N2O2. The molecule has 1 fully saturated rings. The summed E-state index contributed by atoms with van der Waals surface area (Å²) in [5, 5.41) is 3.26. The zero-order chi connectivity index (χ0) is 15.2. The van der Waals surface area contributed by atoms with Crippen molar-refractivity contribution in [3.05, 3.63) is 0 Å². The quantitative estimate of drug-likeness (QED) is 0.730. The SMILES string of the molecule is CCOC(=O)C1(NC)CCCC(N(C)C(CC)CC)C1. The minimum absolute atomic E-state index is 0.0786. The molecule has 0 bridgehead atoms. The highest BCUT2D eigenvalue weighted by atomic mass is 16.5. The van der Waals surface area contributed by atoms with Crippen LogP contribution in [0.5, 0.6) is 0 Å². The van der Waals surface area contributed by atoms with Gasteiger partial charge in [-0.25, -0.2) is 0 Å². The van der Waals surface area contributed by atoms with Crippen molar-refractivity contribution >= 4 is 5.97 Å². The maximum atomic E-state index is 12.3. The van der Waals surface area contributed by atoms with Crippen LogP contribution in [0.3, 0.4) is 0 Å². The van der Waals surface area contributed by atoms with Gasteiger partial charge in [-0.3, -0.25) is 4.79 Å². The van der Waals surface area contributed by atoms with Crippen LogP contribution in [0.1, 0.15) is 59.3 Å². The molecule has 118 valence electrons. The highest BCUT2D eigenvalue weighted by Gasteiger charge is 2.44. The van der Waals surface area contributed by atoms with Crippen LogP contribution in [0, 0.1) is 0 Å². The molecule has 1 rings (SSSR count). The molecule has 1 N–H and O–H groups in total. The number of likely N-dealkylation sites (N-methyl/N-ethyl adjacent to an activating group) is 1. The molecule has 1 aliphatic carbocycles. The number of ether oxygens (including phenoxy) is 1. The van der Waals surface area contributed by atoms with Gasteiger partial charge in [0.15, 0.2) is 0 Å². The van der Waals surface area contributed by atoms with Crippen molar-refractivity contribution in [1.29, 1.82) is 0 Å². The molecule has 0 amide bonds. The molecule has 0 radical (unpaired) electrons. The van der Waals surface area contributed by atoms with Crippen molar-refractivity contribution in [2.24, 2.45) is 0 Å². The average Bonchev–Trinajstić information content (AvgIpc) is 2.48. The zero-order valence-electron chi connectivity index (χ0n) is 13.9. The third-order valence-electron chi connectivity index (χ3n) is 4.96. The van der Waals surface area contributed by atoms with Gasteiger partial charge in [0.2, 0.25) is 0 Å². The third-order valence-corrected chi connectivity index (χ3v) is 4.96. The van der Waals surface area contributed by atoms with Crippen molar-refractivity contribution in [1.82, 2.24) is 10.2 Å². The Morgan fingerprint density at radius 3 is 2.55 bits per heavy atom. The predicted molar refractivity (Wildman–Crippen MR) is 82.8 cm³/mol. The Hall–Kier alpha value is -0.610. The van der Waals surface area contributed by atoms with E-state index in [1.807, 2.05) is 14.0 Å². The lowest BCUT2D eigenvalue weighted by Crippen LogP contribution is -2.58. The van der Waals surface area contributed by atoms with Gasteiger partial charge in [-0.2, -0.15) is 0 Å². The predicted octanol–water partition coefficient (Wildman–Crippen LogP) is 2.57. The summed E-state index contributed by atoms with van der Waals surface area (Å²) in [6.45, 7) is 6.81. The van der Waals surface area contributed by atoms with Gasteiger partial charge in [-0.15, -0.1) is 0 Å². The number of hydrogen-bond acceptors (Lipinski definition) is 4. The Morgan fingerprint density at radius 1 is 1.40 bits per heavy atom. The van der Waals surface area contributed by atoms with Gasteiger partial charge in [0.25, 0.3) is 0 Å². The molecule has 2 unspecified atom stereocenters. The second-order valence-corrected chi connectivity index (χ2v) is 5.94. The number of carbonyl (C=O) groups excluding carboxylic acids is 1. The van der Waals surface area contributed by atoms with Gasteiger partial charge in [0, 0.05) is 12.1 Å². The summed E-state index contributed by atoms with van der Waals surface area (Å²) in [7, 11) is 4.09. The maximum Gasteiger partial charge on any atom is 0.326 e. The molecule has 1 saturated carbocycles. The molecule has 4 heteroatoms. The smallest absolute Gasteiger partial charge is 0.326 e. The van der Waals surface area contributed by atoms with Crippen molar-refractivity contribution < 1.29 is 9.53 Å². The Kier molecular flexibility index (Phi) is 6.96. The molecular weight excluding hydrogens is 252 g/mol. The number of hydrogen-bond donors (Lipinski definition) is 1. The van der Waals surface area contributed by atoms with E-state index in [-0.39, 0.29) is 5.97 Å². The van der Waals surface area contributed by atoms with E-state index < -0.39 is 5.54 Å². The topological polar surface area (TPSA) is 41.6 Å². The maximum absolute atomic E-state index is 12.3. The first-order chi connectivity index (χ1) is 9.54. The van der Waals surface area contributed by atoms with Crippen molar-refractivity contribution in [2.45, 2.75) is 76.9 Å². The summed E-state index contributed by atoms with van der Waals surface area (Å²) in [6.07, 6.45) is 6.32. The van der Waals surface area contributed by atoms with E-state index in [2.05, 4.69) is 31.1 Å². The normalized spacial score (nSPS) is 27.1. The fraction of sp³-hybridized carbons (Fsp3) is 0.938. The van der Waals surface area contributed by atoms with E-state index in [9.17, 15) is 4.79 Å². The molecule has 20 heavy (non-hydrogen) atoms. The van der Waals surface area contributed by atoms with Gasteiger partial charge in [0.1, 0.15) is 5.54 Å². The second kappa shape index (κ2) is 7.99. The Bertz CT molecular complexity index is 305. The summed E-state index contributed by atoms with van der Waals surface area (Å²) in [5.74, 6) is -0.0786. The Morgan fingerprint density at radius 2 is 2.05 bits per heavy atom. The molecule has 0 aromatic carbocycles. The second-order valence-electron chi connectivity index (χ2n) is 5.94. The number of carbonyl (C=O) groups is 1. The summed E-state index contributed by atoms with van der Waals surface area (Å²) in [4.78, 5) is 14.8. The van der Waals surface area contributed by atoms with Gasteiger partial charge >= 0.3 is 5.97 Å². The monoisotopic (exact) mass is 284 g/mol. The molecule has 0 saturated heterocycles. The van der Waals surface area contributed by atoms with Crippen LogP contribution in [-0.4, -0.2) is 49.2 Å². The van der Waals surface area contributed by atoms with Crippen LogP contribution in [0.15, 0.2) is 0 Å². The minimum Gasteiger partial charge on any atom is -0.465 e. The Labute approximate surface area is 124 Å². The standard InChI is InChI=1S/C16H32N2O2/c1-6-13(7-2)18(5)14-10-9-11-16(12-14,17-4)15(19)20-8-3/h13-14,17H,6-12H2,1-5H3. The first-order valence-electron chi connectivity index (χ1n) is 8.12. The van der Waals surface area contributed by atoms with E-state index in [4.69, 9.17) is 4.74 Å². The van der Waals surface area contributed by atoms with E-state index in [1.54, 1.807) is 0 Å². The van der Waals surface area contributed by atoms with Crippen LogP contribution in [-0.2, 0) is 9.53 Å². The van der Waals surface area contributed by atoms with Gasteiger partial charge in [0.05, 0.1) is 6.61 Å². The molecule has 4 nitrogen and oxygen atoms in total. The lowest BCUT2D eigenvalue weighted by molar-refractivity contribution is -0.153. The largest absolute Gasteiger partial charge is 0.465 e. The minimum atomic E-state index is -0.487. The van der Waals surface area contributed by atoms with E-state index in [1.165, 1.54) is 6.42 Å². The highest BCUT2D eigenvalue weighted by Crippen LogP contribution is 2.33. The molecule has 1 aliphatic rings.